The molecule has 7 nitrogen and oxygen atoms in total. The third-order valence-electron chi connectivity index (χ3n) is 7.00. The molecule has 1 aliphatic rings. The molecular weight excluding hydrogens is 512 g/mol. The number of nitrogens with zero attached hydrogens (tertiary/aromatic N) is 3. The van der Waals surface area contributed by atoms with Gasteiger partial charge in [-0.15, -0.1) is 0 Å². The number of nitrogens with one attached hydrogen (secondary N) is 1. The lowest BCUT2D eigenvalue weighted by Crippen LogP contribution is -2.39. The van der Waals surface area contributed by atoms with E-state index in [0.717, 1.165) is 29.7 Å². The molecule has 0 radical (unpaired) electrons. The Morgan fingerprint density at radius 1 is 1.03 bits per heavy atom. The average molecular weight is 543 g/mol. The summed E-state index contributed by atoms with van der Waals surface area (Å²) in [5.41, 5.74) is 5.28. The standard InChI is InChI=1S/C31H31ClN4O3/c1-20-4-13-26(16-21(20)2)36-18-28(23-7-11-25(32)12-8-23)33-31(36)34-29(37)19-35(17-22-5-6-22)30(38)24-9-14-27(39-3)15-10-24/h4,7-16,18,22H,5-6,17,19H2,1-3H3,(H,33,34,37). The first kappa shape index (κ1) is 26.5. The molecule has 3 aromatic carbocycles. The van der Waals surface area contributed by atoms with Crippen LogP contribution in [0.1, 0.15) is 34.3 Å². The predicted octanol–water partition coefficient (Wildman–Crippen LogP) is 6.31. The van der Waals surface area contributed by atoms with Crippen LogP contribution in [0.5, 0.6) is 5.75 Å². The van der Waals surface area contributed by atoms with E-state index in [1.54, 1.807) is 36.3 Å². The van der Waals surface area contributed by atoms with E-state index in [9.17, 15) is 9.59 Å². The maximum Gasteiger partial charge on any atom is 0.254 e. The van der Waals surface area contributed by atoms with Gasteiger partial charge < -0.3 is 9.64 Å². The van der Waals surface area contributed by atoms with E-state index in [0.29, 0.717) is 40.4 Å². The van der Waals surface area contributed by atoms with E-state index in [2.05, 4.69) is 25.2 Å². The molecule has 4 aromatic rings. The fraction of sp³-hybridized carbons (Fsp3) is 0.258. The number of anilines is 1. The third-order valence-corrected chi connectivity index (χ3v) is 7.25. The molecule has 8 heteroatoms. The van der Waals surface area contributed by atoms with Crippen molar-refractivity contribution < 1.29 is 14.3 Å². The third kappa shape index (κ3) is 6.32. The minimum atomic E-state index is -0.309. The number of amides is 2. The molecule has 0 saturated heterocycles. The van der Waals surface area contributed by atoms with Gasteiger partial charge in [-0.3, -0.25) is 19.5 Å². The highest BCUT2D eigenvalue weighted by atomic mass is 35.5. The quantitative estimate of drug-likeness (QED) is 0.269. The second-order valence-corrected chi connectivity index (χ2v) is 10.4. The van der Waals surface area contributed by atoms with E-state index in [4.69, 9.17) is 21.3 Å². The SMILES string of the molecule is COc1ccc(C(=O)N(CC(=O)Nc2nc(-c3ccc(Cl)cc3)cn2-c2ccc(C)c(C)c2)CC2CC2)cc1. The summed E-state index contributed by atoms with van der Waals surface area (Å²) in [5, 5.41) is 3.60. The lowest BCUT2D eigenvalue weighted by molar-refractivity contribution is -0.117. The molecule has 1 aromatic heterocycles. The summed E-state index contributed by atoms with van der Waals surface area (Å²) in [6.07, 6.45) is 4.03. The Kier molecular flexibility index (Phi) is 7.70. The van der Waals surface area contributed by atoms with Crippen LogP contribution in [0.3, 0.4) is 0 Å². The summed E-state index contributed by atoms with van der Waals surface area (Å²) in [6, 6.07) is 20.5. The number of benzene rings is 3. The Labute approximate surface area is 233 Å². The van der Waals surface area contributed by atoms with Crippen LogP contribution in [0.4, 0.5) is 5.95 Å². The van der Waals surface area contributed by atoms with Crippen LogP contribution in [0.25, 0.3) is 16.9 Å². The maximum absolute atomic E-state index is 13.4. The predicted molar refractivity (Wildman–Crippen MR) is 154 cm³/mol. The zero-order chi connectivity index (χ0) is 27.5. The molecule has 0 atom stereocenters. The Hall–Kier alpha value is -4.10. The van der Waals surface area contributed by atoms with Gasteiger partial charge in [-0.05, 0) is 92.3 Å². The van der Waals surface area contributed by atoms with Crippen molar-refractivity contribution >= 4 is 29.4 Å². The van der Waals surface area contributed by atoms with Crippen molar-refractivity contribution in [3.05, 3.63) is 94.6 Å². The number of carbonyl (C=O) groups is 2. The monoisotopic (exact) mass is 542 g/mol. The highest BCUT2D eigenvalue weighted by Crippen LogP contribution is 2.31. The molecule has 0 bridgehead atoms. The van der Waals surface area contributed by atoms with Gasteiger partial charge in [0.25, 0.3) is 5.91 Å². The zero-order valence-corrected chi connectivity index (χ0v) is 23.0. The summed E-state index contributed by atoms with van der Waals surface area (Å²) in [4.78, 5) is 33.1. The van der Waals surface area contributed by atoms with Crippen molar-refractivity contribution in [2.45, 2.75) is 26.7 Å². The van der Waals surface area contributed by atoms with Gasteiger partial charge in [0.2, 0.25) is 11.9 Å². The highest BCUT2D eigenvalue weighted by Gasteiger charge is 2.29. The number of aryl methyl sites for hydroxylation is 2. The number of hydrogen-bond acceptors (Lipinski definition) is 4. The smallest absolute Gasteiger partial charge is 0.254 e. The molecule has 0 unspecified atom stereocenters. The Morgan fingerprint density at radius 2 is 1.74 bits per heavy atom. The van der Waals surface area contributed by atoms with Gasteiger partial charge in [-0.25, -0.2) is 4.98 Å². The van der Waals surface area contributed by atoms with Crippen molar-refractivity contribution in [2.75, 3.05) is 25.5 Å². The fourth-order valence-corrected chi connectivity index (χ4v) is 4.51. The van der Waals surface area contributed by atoms with Crippen molar-refractivity contribution in [1.82, 2.24) is 14.5 Å². The Morgan fingerprint density at radius 3 is 2.38 bits per heavy atom. The van der Waals surface area contributed by atoms with Gasteiger partial charge in [-0.2, -0.15) is 0 Å². The summed E-state index contributed by atoms with van der Waals surface area (Å²) in [5.74, 6) is 0.994. The second kappa shape index (κ2) is 11.3. The fourth-order valence-electron chi connectivity index (χ4n) is 4.39. The molecular formula is C31H31ClN4O3. The number of ether oxygens (including phenoxy) is 1. The highest BCUT2D eigenvalue weighted by molar-refractivity contribution is 6.30. The number of imidazole rings is 1. The summed E-state index contributed by atoms with van der Waals surface area (Å²) < 4.78 is 7.08. The molecule has 0 spiro atoms. The molecule has 5 rings (SSSR count). The summed E-state index contributed by atoms with van der Waals surface area (Å²) in [7, 11) is 1.58. The summed E-state index contributed by atoms with van der Waals surface area (Å²) in [6.45, 7) is 4.58. The van der Waals surface area contributed by atoms with Gasteiger partial charge >= 0.3 is 0 Å². The number of halogens is 1. The summed E-state index contributed by atoms with van der Waals surface area (Å²) >= 11 is 6.09. The minimum absolute atomic E-state index is 0.0720. The first-order valence-corrected chi connectivity index (χ1v) is 13.3. The van der Waals surface area contributed by atoms with Gasteiger partial charge in [0, 0.05) is 34.6 Å². The van der Waals surface area contributed by atoms with Crippen LogP contribution in [0, 0.1) is 19.8 Å². The number of rotatable bonds is 9. The van der Waals surface area contributed by atoms with Gasteiger partial charge in [-0.1, -0.05) is 29.8 Å². The second-order valence-electron chi connectivity index (χ2n) is 10.0. The van der Waals surface area contributed by atoms with Crippen LogP contribution in [0.2, 0.25) is 5.02 Å². The van der Waals surface area contributed by atoms with E-state index in [1.165, 1.54) is 5.56 Å². The zero-order valence-electron chi connectivity index (χ0n) is 22.3. The van der Waals surface area contributed by atoms with E-state index in [1.807, 2.05) is 47.2 Å². The lowest BCUT2D eigenvalue weighted by atomic mass is 10.1. The van der Waals surface area contributed by atoms with Crippen LogP contribution >= 0.6 is 11.6 Å². The van der Waals surface area contributed by atoms with Crippen LogP contribution in [-0.4, -0.2) is 46.5 Å². The van der Waals surface area contributed by atoms with Crippen LogP contribution in [-0.2, 0) is 4.79 Å². The first-order chi connectivity index (χ1) is 18.8. The molecule has 1 saturated carbocycles. The molecule has 1 heterocycles. The van der Waals surface area contributed by atoms with Crippen molar-refractivity contribution in [1.29, 1.82) is 0 Å². The minimum Gasteiger partial charge on any atom is -0.497 e. The van der Waals surface area contributed by atoms with Crippen molar-refractivity contribution in [2.24, 2.45) is 5.92 Å². The van der Waals surface area contributed by atoms with E-state index < -0.39 is 0 Å². The molecule has 39 heavy (non-hydrogen) atoms. The molecule has 0 aliphatic heterocycles. The number of aromatic nitrogens is 2. The largest absolute Gasteiger partial charge is 0.497 e. The van der Waals surface area contributed by atoms with Gasteiger partial charge in [0.05, 0.1) is 12.8 Å². The van der Waals surface area contributed by atoms with E-state index >= 15 is 0 Å². The van der Waals surface area contributed by atoms with Gasteiger partial charge in [0.1, 0.15) is 12.3 Å². The molecule has 1 N–H and O–H groups in total. The topological polar surface area (TPSA) is 76.5 Å². The first-order valence-electron chi connectivity index (χ1n) is 13.0. The average Bonchev–Trinajstić information content (AvgIpc) is 3.67. The number of hydrogen-bond donors (Lipinski definition) is 1. The normalized spacial score (nSPS) is 12.7. The van der Waals surface area contributed by atoms with Crippen LogP contribution in [0.15, 0.2) is 72.9 Å². The van der Waals surface area contributed by atoms with Crippen molar-refractivity contribution in [3.63, 3.8) is 0 Å². The number of carbonyl (C=O) groups excluding carboxylic acids is 2. The van der Waals surface area contributed by atoms with Crippen LogP contribution < -0.4 is 10.1 Å². The van der Waals surface area contributed by atoms with Crippen molar-refractivity contribution in [3.8, 4) is 22.7 Å². The Bertz CT molecular complexity index is 1490. The molecule has 1 fully saturated rings. The molecule has 2 amide bonds. The molecule has 1 aliphatic carbocycles. The Balaban J connectivity index is 1.41. The van der Waals surface area contributed by atoms with Gasteiger partial charge in [0.15, 0.2) is 0 Å². The lowest BCUT2D eigenvalue weighted by Gasteiger charge is -2.22. The number of methoxy groups -OCH3 is 1. The maximum atomic E-state index is 13.4. The molecule has 200 valence electrons. The van der Waals surface area contributed by atoms with E-state index in [-0.39, 0.29) is 18.4 Å².